The van der Waals surface area contributed by atoms with E-state index in [1.165, 1.54) is 0 Å². The van der Waals surface area contributed by atoms with Gasteiger partial charge in [-0.1, -0.05) is 24.3 Å². The van der Waals surface area contributed by atoms with Crippen molar-refractivity contribution in [2.75, 3.05) is 18.4 Å². The van der Waals surface area contributed by atoms with Crippen molar-refractivity contribution in [2.45, 2.75) is 25.8 Å². The van der Waals surface area contributed by atoms with Crippen molar-refractivity contribution in [3.63, 3.8) is 0 Å². The van der Waals surface area contributed by atoms with Crippen LogP contribution in [-0.2, 0) is 4.79 Å². The van der Waals surface area contributed by atoms with E-state index < -0.39 is 0 Å². The molecule has 0 aliphatic carbocycles. The minimum atomic E-state index is -0.284. The Kier molecular flexibility index (Phi) is 5.41. The summed E-state index contributed by atoms with van der Waals surface area (Å²) in [5, 5.41) is 14.3. The first-order valence-corrected chi connectivity index (χ1v) is 9.83. The molecule has 29 heavy (non-hydrogen) atoms. The van der Waals surface area contributed by atoms with Gasteiger partial charge in [-0.3, -0.25) is 9.20 Å². The number of nitrogens with one attached hydrogen (secondary N) is 2. The van der Waals surface area contributed by atoms with Gasteiger partial charge in [0.05, 0.1) is 12.0 Å². The van der Waals surface area contributed by atoms with E-state index in [1.54, 1.807) is 4.90 Å². The van der Waals surface area contributed by atoms with Crippen molar-refractivity contribution < 1.29 is 9.59 Å². The van der Waals surface area contributed by atoms with Crippen LogP contribution in [0.25, 0.3) is 5.65 Å². The van der Waals surface area contributed by atoms with Crippen molar-refractivity contribution in [3.8, 4) is 0 Å². The SMILES string of the molecule is C[C@@H](NC(=O)[C@H]1CCCN(C(=O)Nc2ccccc2)C1)c1nnc2ccccn12. The van der Waals surface area contributed by atoms with Gasteiger partial charge in [-0.15, -0.1) is 10.2 Å². The summed E-state index contributed by atoms with van der Waals surface area (Å²) in [6.45, 7) is 2.94. The summed E-state index contributed by atoms with van der Waals surface area (Å²) in [7, 11) is 0. The largest absolute Gasteiger partial charge is 0.346 e. The molecule has 1 saturated heterocycles. The first kappa shape index (κ1) is 18.9. The molecule has 1 aromatic carbocycles. The smallest absolute Gasteiger partial charge is 0.321 e. The van der Waals surface area contributed by atoms with Crippen LogP contribution in [0.2, 0.25) is 0 Å². The normalized spacial score (nSPS) is 17.7. The molecule has 2 aromatic heterocycles. The molecule has 8 heteroatoms. The van der Waals surface area contributed by atoms with Crippen LogP contribution >= 0.6 is 0 Å². The maximum absolute atomic E-state index is 12.8. The minimum Gasteiger partial charge on any atom is -0.346 e. The summed E-state index contributed by atoms with van der Waals surface area (Å²) in [6.07, 6.45) is 3.43. The highest BCUT2D eigenvalue weighted by atomic mass is 16.2. The van der Waals surface area contributed by atoms with E-state index in [9.17, 15) is 9.59 Å². The number of hydrogen-bond donors (Lipinski definition) is 2. The Hall–Kier alpha value is -3.42. The lowest BCUT2D eigenvalue weighted by atomic mass is 9.97. The third-order valence-electron chi connectivity index (χ3n) is 5.19. The first-order valence-electron chi connectivity index (χ1n) is 9.83. The molecule has 2 N–H and O–H groups in total. The summed E-state index contributed by atoms with van der Waals surface area (Å²) >= 11 is 0. The van der Waals surface area contributed by atoms with Gasteiger partial charge in [-0.05, 0) is 44.0 Å². The zero-order chi connectivity index (χ0) is 20.2. The lowest BCUT2D eigenvalue weighted by molar-refractivity contribution is -0.127. The number of likely N-dealkylation sites (tertiary alicyclic amines) is 1. The Bertz CT molecular complexity index is 1000. The summed E-state index contributed by atoms with van der Waals surface area (Å²) in [6, 6.07) is 14.5. The van der Waals surface area contributed by atoms with Gasteiger partial charge in [0.2, 0.25) is 5.91 Å². The maximum Gasteiger partial charge on any atom is 0.321 e. The summed E-state index contributed by atoms with van der Waals surface area (Å²) in [5.41, 5.74) is 1.49. The van der Waals surface area contributed by atoms with E-state index in [0.29, 0.717) is 18.9 Å². The Labute approximate surface area is 168 Å². The topological polar surface area (TPSA) is 91.6 Å². The second kappa shape index (κ2) is 8.30. The van der Waals surface area contributed by atoms with Crippen LogP contribution < -0.4 is 10.6 Å². The van der Waals surface area contributed by atoms with E-state index in [4.69, 9.17) is 0 Å². The molecule has 1 fully saturated rings. The van der Waals surface area contributed by atoms with E-state index in [-0.39, 0.29) is 23.9 Å². The number of nitrogens with zero attached hydrogens (tertiary/aromatic N) is 4. The van der Waals surface area contributed by atoms with Crippen LogP contribution in [-0.4, -0.2) is 44.5 Å². The molecule has 0 spiro atoms. The highest BCUT2D eigenvalue weighted by Crippen LogP contribution is 2.20. The molecule has 4 rings (SSSR count). The fourth-order valence-electron chi connectivity index (χ4n) is 3.65. The Morgan fingerprint density at radius 3 is 2.72 bits per heavy atom. The van der Waals surface area contributed by atoms with E-state index in [0.717, 1.165) is 24.2 Å². The molecule has 3 aromatic rings. The average molecular weight is 392 g/mol. The molecule has 2 atom stereocenters. The number of piperidine rings is 1. The second-order valence-electron chi connectivity index (χ2n) is 7.30. The number of pyridine rings is 1. The van der Waals surface area contributed by atoms with Crippen LogP contribution in [0.3, 0.4) is 0 Å². The molecular weight excluding hydrogens is 368 g/mol. The maximum atomic E-state index is 12.8. The number of carbonyl (C=O) groups excluding carboxylic acids is 2. The predicted octanol–water partition coefficient (Wildman–Crippen LogP) is 2.85. The number of para-hydroxylation sites is 1. The lowest BCUT2D eigenvalue weighted by Gasteiger charge is -2.32. The third-order valence-corrected chi connectivity index (χ3v) is 5.19. The molecule has 1 aliphatic rings. The van der Waals surface area contributed by atoms with Gasteiger partial charge >= 0.3 is 6.03 Å². The van der Waals surface area contributed by atoms with Crippen LogP contribution in [0, 0.1) is 5.92 Å². The second-order valence-corrected chi connectivity index (χ2v) is 7.30. The fourth-order valence-corrected chi connectivity index (χ4v) is 3.65. The highest BCUT2D eigenvalue weighted by molar-refractivity contribution is 5.90. The van der Waals surface area contributed by atoms with Crippen LogP contribution in [0.5, 0.6) is 0 Å². The predicted molar refractivity (Wildman–Crippen MR) is 109 cm³/mol. The molecule has 0 unspecified atom stereocenters. The number of anilines is 1. The van der Waals surface area contributed by atoms with E-state index in [2.05, 4.69) is 20.8 Å². The number of rotatable bonds is 4. The van der Waals surface area contributed by atoms with Crippen LogP contribution in [0.15, 0.2) is 54.7 Å². The van der Waals surface area contributed by atoms with Gasteiger partial charge in [0.1, 0.15) is 0 Å². The van der Waals surface area contributed by atoms with Crippen molar-refractivity contribution in [1.82, 2.24) is 24.8 Å². The zero-order valence-corrected chi connectivity index (χ0v) is 16.3. The fraction of sp³-hybridized carbons (Fsp3) is 0.333. The number of urea groups is 1. The van der Waals surface area contributed by atoms with Gasteiger partial charge in [0.15, 0.2) is 11.5 Å². The monoisotopic (exact) mass is 392 g/mol. The Morgan fingerprint density at radius 1 is 1.10 bits per heavy atom. The highest BCUT2D eigenvalue weighted by Gasteiger charge is 2.29. The van der Waals surface area contributed by atoms with Gasteiger partial charge in [-0.25, -0.2) is 4.79 Å². The van der Waals surface area contributed by atoms with Crippen molar-refractivity contribution in [2.24, 2.45) is 5.92 Å². The number of fused-ring (bicyclic) bond motifs is 1. The molecule has 0 radical (unpaired) electrons. The summed E-state index contributed by atoms with van der Waals surface area (Å²) in [4.78, 5) is 27.1. The average Bonchev–Trinajstić information content (AvgIpc) is 3.19. The first-order chi connectivity index (χ1) is 14.1. The van der Waals surface area contributed by atoms with Crippen molar-refractivity contribution in [1.29, 1.82) is 0 Å². The minimum absolute atomic E-state index is 0.0672. The lowest BCUT2D eigenvalue weighted by Crippen LogP contribution is -2.47. The summed E-state index contributed by atoms with van der Waals surface area (Å²) < 4.78 is 1.87. The molecule has 3 amide bonds. The standard InChI is InChI=1S/C21H24N6O2/c1-15(19-25-24-18-11-5-6-13-27(18)19)22-20(28)16-8-7-12-26(14-16)21(29)23-17-9-3-2-4-10-17/h2-6,9-11,13,15-16H,7-8,12,14H2,1H3,(H,22,28)(H,23,29)/t15-,16+/m1/s1. The van der Waals surface area contributed by atoms with E-state index >= 15 is 0 Å². The van der Waals surface area contributed by atoms with E-state index in [1.807, 2.05) is 66.1 Å². The molecule has 0 bridgehead atoms. The van der Waals surface area contributed by atoms with Crippen LogP contribution in [0.4, 0.5) is 10.5 Å². The zero-order valence-electron chi connectivity index (χ0n) is 16.3. The van der Waals surface area contributed by atoms with Crippen LogP contribution in [0.1, 0.15) is 31.6 Å². The number of hydrogen-bond acceptors (Lipinski definition) is 4. The van der Waals surface area contributed by atoms with Gasteiger partial charge in [0.25, 0.3) is 0 Å². The molecule has 150 valence electrons. The Balaban J connectivity index is 1.37. The van der Waals surface area contributed by atoms with Crippen molar-refractivity contribution >= 4 is 23.3 Å². The molecular formula is C21H24N6O2. The number of aromatic nitrogens is 3. The van der Waals surface area contributed by atoms with Gasteiger partial charge < -0.3 is 15.5 Å². The number of carbonyl (C=O) groups is 2. The number of amides is 3. The van der Waals surface area contributed by atoms with Gasteiger partial charge in [0, 0.05) is 25.0 Å². The molecule has 0 saturated carbocycles. The molecule has 8 nitrogen and oxygen atoms in total. The number of benzene rings is 1. The van der Waals surface area contributed by atoms with Crippen molar-refractivity contribution in [3.05, 3.63) is 60.6 Å². The molecule has 3 heterocycles. The van der Waals surface area contributed by atoms with Gasteiger partial charge in [-0.2, -0.15) is 0 Å². The Morgan fingerprint density at radius 2 is 1.90 bits per heavy atom. The third kappa shape index (κ3) is 4.21. The quantitative estimate of drug-likeness (QED) is 0.714. The molecule has 1 aliphatic heterocycles. The summed E-state index contributed by atoms with van der Waals surface area (Å²) in [5.74, 6) is 0.373.